The Kier molecular flexibility index (Phi) is 15.1. The van der Waals surface area contributed by atoms with E-state index in [2.05, 4.69) is 20.6 Å². The van der Waals surface area contributed by atoms with E-state index in [4.69, 9.17) is 32.7 Å². The van der Waals surface area contributed by atoms with Crippen LogP contribution in [0.4, 0.5) is 0 Å². The first-order valence-electron chi connectivity index (χ1n) is 18.0. The third-order valence-electron chi connectivity index (χ3n) is 9.64. The fraction of sp³-hybridized carbons (Fsp3) is 0.647. The van der Waals surface area contributed by atoms with Gasteiger partial charge >= 0.3 is 0 Å². The quantitative estimate of drug-likeness (QED) is 0.335. The van der Waals surface area contributed by atoms with Crippen molar-refractivity contribution in [3.63, 3.8) is 0 Å². The zero-order valence-corrected chi connectivity index (χ0v) is 32.3. The number of ether oxygens (including phenoxy) is 2. The minimum absolute atomic E-state index is 0.0368. The molecule has 14 nitrogen and oxygen atoms in total. The van der Waals surface area contributed by atoms with Crippen molar-refractivity contribution in [2.75, 3.05) is 39.4 Å². The van der Waals surface area contributed by atoms with E-state index in [1.807, 2.05) is 0 Å². The van der Waals surface area contributed by atoms with Crippen LogP contribution in [0.3, 0.4) is 0 Å². The van der Waals surface area contributed by atoms with E-state index in [0.29, 0.717) is 39.1 Å². The van der Waals surface area contributed by atoms with E-state index in [-0.39, 0.29) is 57.2 Å². The van der Waals surface area contributed by atoms with Gasteiger partial charge in [0.1, 0.15) is 32.2 Å². The van der Waals surface area contributed by atoms with Crippen LogP contribution in [-0.2, 0) is 39.1 Å². The van der Waals surface area contributed by atoms with Crippen molar-refractivity contribution in [3.8, 4) is 0 Å². The number of pyridine rings is 2. The second kappa shape index (κ2) is 19.2. The summed E-state index contributed by atoms with van der Waals surface area (Å²) in [5, 5.41) is 6.09. The second-order valence-corrected chi connectivity index (χ2v) is 17.9. The van der Waals surface area contributed by atoms with Gasteiger partial charge in [-0.25, -0.2) is 26.8 Å². The summed E-state index contributed by atoms with van der Waals surface area (Å²) in [6.07, 6.45) is 11.9. The maximum Gasteiger partial charge on any atom is 0.245 e. The lowest BCUT2D eigenvalue weighted by molar-refractivity contribution is -0.125. The maximum atomic E-state index is 13.3. The average molecular weight is 804 g/mol. The summed E-state index contributed by atoms with van der Waals surface area (Å²) in [5.74, 6) is -0.493. The molecule has 4 atom stereocenters. The van der Waals surface area contributed by atoms with Gasteiger partial charge in [-0.3, -0.25) is 9.59 Å². The van der Waals surface area contributed by atoms with Gasteiger partial charge in [0.15, 0.2) is 0 Å². The predicted octanol–water partition coefficient (Wildman–Crippen LogP) is 3.93. The first-order valence-corrected chi connectivity index (χ1v) is 21.7. The molecule has 0 aromatic carbocycles. The molecule has 2 N–H and O–H groups in total. The first kappa shape index (κ1) is 40.7. The molecule has 4 fully saturated rings. The van der Waals surface area contributed by atoms with Gasteiger partial charge in [0.05, 0.1) is 12.2 Å². The molecule has 0 saturated carbocycles. The number of nitrogens with zero attached hydrogens (tertiary/aromatic N) is 4. The fourth-order valence-corrected chi connectivity index (χ4v) is 10.2. The molecule has 6 rings (SSSR count). The summed E-state index contributed by atoms with van der Waals surface area (Å²) in [6.45, 7) is 2.74. The Balaban J connectivity index is 0.000000201. The third-order valence-corrected chi connectivity index (χ3v) is 13.8. The standard InChI is InChI=1S/2C17H24ClN3O4S/c2*18-16-8-7-14(11-20-16)26(23,24)21(12-13-5-2-4-10-25-13)15-6-1-3-9-19-17(15)22/h2*7-8,11,13,15H,1-6,9-10,12H2,(H,19,22)/t2*13?,15-/m11/s1. The predicted molar refractivity (Wildman–Crippen MR) is 195 cm³/mol. The monoisotopic (exact) mass is 802 g/mol. The van der Waals surface area contributed by atoms with Crippen molar-refractivity contribution >= 4 is 55.1 Å². The first-order chi connectivity index (χ1) is 25.0. The van der Waals surface area contributed by atoms with Gasteiger partial charge in [0.25, 0.3) is 0 Å². The Labute approximate surface area is 316 Å². The van der Waals surface area contributed by atoms with Crippen LogP contribution in [0.2, 0.25) is 10.3 Å². The van der Waals surface area contributed by atoms with Crippen molar-refractivity contribution < 1.29 is 35.9 Å². The molecule has 4 saturated heterocycles. The molecule has 0 spiro atoms. The highest BCUT2D eigenvalue weighted by Crippen LogP contribution is 2.27. The van der Waals surface area contributed by atoms with Gasteiger partial charge in [-0.1, -0.05) is 23.2 Å². The number of hydrogen-bond acceptors (Lipinski definition) is 10. The maximum absolute atomic E-state index is 13.3. The molecule has 6 heterocycles. The lowest BCUT2D eigenvalue weighted by Gasteiger charge is -2.33. The van der Waals surface area contributed by atoms with Gasteiger partial charge in [-0.15, -0.1) is 0 Å². The van der Waals surface area contributed by atoms with E-state index < -0.39 is 32.1 Å². The average Bonchev–Trinajstić information content (AvgIpc) is 3.49. The summed E-state index contributed by atoms with van der Waals surface area (Å²) in [4.78, 5) is 32.9. The molecule has 18 heteroatoms. The molecule has 0 bridgehead atoms. The van der Waals surface area contributed by atoms with Crippen LogP contribution in [0, 0.1) is 0 Å². The molecule has 288 valence electrons. The largest absolute Gasteiger partial charge is 0.377 e. The van der Waals surface area contributed by atoms with Gasteiger partial charge in [-0.05, 0) is 101 Å². The number of aromatic nitrogens is 2. The number of sulfonamides is 2. The van der Waals surface area contributed by atoms with Crippen molar-refractivity contribution in [1.29, 1.82) is 0 Å². The summed E-state index contributed by atoms with van der Waals surface area (Å²) in [5.41, 5.74) is 0. The lowest BCUT2D eigenvalue weighted by atomic mass is 10.1. The van der Waals surface area contributed by atoms with Crippen LogP contribution in [0.5, 0.6) is 0 Å². The number of nitrogens with one attached hydrogen (secondary N) is 2. The minimum atomic E-state index is -3.89. The number of amides is 2. The molecule has 4 aliphatic heterocycles. The van der Waals surface area contributed by atoms with Crippen LogP contribution < -0.4 is 10.6 Å². The molecule has 0 radical (unpaired) electrons. The molecule has 2 unspecified atom stereocenters. The lowest BCUT2D eigenvalue weighted by Crippen LogP contribution is -2.51. The molecule has 2 aromatic heterocycles. The van der Waals surface area contributed by atoms with Crippen LogP contribution in [0.1, 0.15) is 77.0 Å². The zero-order valence-electron chi connectivity index (χ0n) is 29.1. The summed E-state index contributed by atoms with van der Waals surface area (Å²) >= 11 is 11.6. The van der Waals surface area contributed by atoms with Crippen LogP contribution in [0.15, 0.2) is 46.5 Å². The van der Waals surface area contributed by atoms with Crippen molar-refractivity contribution in [3.05, 3.63) is 47.0 Å². The Bertz CT molecular complexity index is 1570. The Hall–Kier alpha value is -2.44. The number of carbonyl (C=O) groups is 2. The van der Waals surface area contributed by atoms with Crippen molar-refractivity contribution in [2.24, 2.45) is 0 Å². The minimum Gasteiger partial charge on any atom is -0.377 e. The van der Waals surface area contributed by atoms with E-state index in [1.54, 1.807) is 0 Å². The Morgan fingerprint density at radius 2 is 1.02 bits per heavy atom. The molecule has 0 aliphatic carbocycles. The topological polar surface area (TPSA) is 177 Å². The second-order valence-electron chi connectivity index (χ2n) is 13.4. The number of carbonyl (C=O) groups excluding carboxylic acids is 2. The molecule has 2 amide bonds. The summed E-state index contributed by atoms with van der Waals surface area (Å²) < 4.78 is 67.2. The molecule has 2 aromatic rings. The van der Waals surface area contributed by atoms with E-state index in [0.717, 1.165) is 64.2 Å². The highest BCUT2D eigenvalue weighted by molar-refractivity contribution is 7.89. The summed E-state index contributed by atoms with van der Waals surface area (Å²) in [6, 6.07) is 4.27. The van der Waals surface area contributed by atoms with Crippen molar-refractivity contribution in [1.82, 2.24) is 29.2 Å². The van der Waals surface area contributed by atoms with Crippen LogP contribution >= 0.6 is 23.2 Å². The molecule has 52 heavy (non-hydrogen) atoms. The number of rotatable bonds is 10. The van der Waals surface area contributed by atoms with Crippen molar-refractivity contribution in [2.45, 2.75) is 111 Å². The SMILES string of the molecule is O=C1NCCCC[C@H]1N(CC1CCCCO1)S(=O)(=O)c1ccc(Cl)nc1.O=C1NCCCC[C@H]1N(CC1CCCCO1)S(=O)(=O)c1ccc(Cl)nc1. The van der Waals surface area contributed by atoms with Gasteiger partial charge < -0.3 is 20.1 Å². The molecular formula is C34H48Cl2N6O8S2. The van der Waals surface area contributed by atoms with E-state index in [1.165, 1.54) is 45.3 Å². The van der Waals surface area contributed by atoms with Crippen LogP contribution in [0.25, 0.3) is 0 Å². The van der Waals surface area contributed by atoms with E-state index in [9.17, 15) is 26.4 Å². The molecular weight excluding hydrogens is 755 g/mol. The van der Waals surface area contributed by atoms with E-state index >= 15 is 0 Å². The smallest absolute Gasteiger partial charge is 0.245 e. The highest BCUT2D eigenvalue weighted by Gasteiger charge is 2.40. The van der Waals surface area contributed by atoms with Gasteiger partial charge in [-0.2, -0.15) is 8.61 Å². The van der Waals surface area contributed by atoms with Gasteiger partial charge in [0, 0.05) is 51.8 Å². The fourth-order valence-electron chi connectivity index (χ4n) is 6.79. The molecule has 4 aliphatic rings. The highest BCUT2D eigenvalue weighted by atomic mass is 35.5. The summed E-state index contributed by atoms with van der Waals surface area (Å²) in [7, 11) is -7.79. The van der Waals surface area contributed by atoms with Crippen LogP contribution in [-0.4, -0.2) is 111 Å². The van der Waals surface area contributed by atoms with Gasteiger partial charge in [0.2, 0.25) is 31.9 Å². The third kappa shape index (κ3) is 10.8. The Morgan fingerprint density at radius 1 is 0.615 bits per heavy atom. The normalized spacial score (nSPS) is 24.9. The number of hydrogen-bond donors (Lipinski definition) is 2. The number of halogens is 2. The Morgan fingerprint density at radius 3 is 1.37 bits per heavy atom. The zero-order chi connectivity index (χ0) is 37.1.